The van der Waals surface area contributed by atoms with Crippen molar-refractivity contribution in [2.24, 2.45) is 0 Å². The van der Waals surface area contributed by atoms with Gasteiger partial charge in [0.15, 0.2) is 5.76 Å². The molecule has 0 bridgehead atoms. The van der Waals surface area contributed by atoms with E-state index >= 15 is 0 Å². The first kappa shape index (κ1) is 14.7. The van der Waals surface area contributed by atoms with E-state index in [-0.39, 0.29) is 24.5 Å². The Morgan fingerprint density at radius 1 is 1.32 bits per heavy atom. The molecule has 3 heterocycles. The first-order valence-electron chi connectivity index (χ1n) is 7.70. The normalized spacial score (nSPS) is 22.0. The van der Waals surface area contributed by atoms with Gasteiger partial charge in [0, 0.05) is 12.1 Å². The van der Waals surface area contributed by atoms with Crippen LogP contribution >= 0.6 is 0 Å². The maximum Gasteiger partial charge on any atom is 0.246 e. The zero-order chi connectivity index (χ0) is 15.7. The van der Waals surface area contributed by atoms with Gasteiger partial charge in [-0.15, -0.1) is 10.2 Å². The van der Waals surface area contributed by atoms with Gasteiger partial charge < -0.3 is 9.32 Å². The second-order valence-corrected chi connectivity index (χ2v) is 5.98. The predicted octanol–water partition coefficient (Wildman–Crippen LogP) is 2.03. The minimum Gasteiger partial charge on any atom is -0.458 e. The maximum absolute atomic E-state index is 12.5. The van der Waals surface area contributed by atoms with Crippen LogP contribution in [0.1, 0.15) is 38.9 Å². The van der Waals surface area contributed by atoms with Crippen molar-refractivity contribution in [3.8, 4) is 11.6 Å². The smallest absolute Gasteiger partial charge is 0.246 e. The number of tetrazole rings is 1. The largest absolute Gasteiger partial charge is 0.458 e. The Morgan fingerprint density at radius 2 is 2.05 bits per heavy atom. The Morgan fingerprint density at radius 3 is 2.68 bits per heavy atom. The fourth-order valence-corrected chi connectivity index (χ4v) is 3.08. The van der Waals surface area contributed by atoms with Crippen LogP contribution in [-0.2, 0) is 11.3 Å². The molecule has 0 aromatic carbocycles. The quantitative estimate of drug-likeness (QED) is 0.867. The Bertz CT molecular complexity index is 652. The van der Waals surface area contributed by atoms with Gasteiger partial charge in [0.25, 0.3) is 0 Å². The molecule has 1 aliphatic rings. The van der Waals surface area contributed by atoms with Gasteiger partial charge in [0.05, 0.1) is 0 Å². The number of carbonyl (C=O) groups is 1. The highest BCUT2D eigenvalue weighted by atomic mass is 16.3. The maximum atomic E-state index is 12.5. The SMILES string of the molecule is Cc1ccc(-c2nnn(CC(=O)N3[C@H](C)CCC[C@H]3C)n2)o1. The molecule has 1 fully saturated rings. The molecule has 7 heteroatoms. The molecule has 2 aromatic rings. The number of likely N-dealkylation sites (tertiary alicyclic amines) is 1. The Balaban J connectivity index is 1.70. The molecule has 22 heavy (non-hydrogen) atoms. The van der Waals surface area contributed by atoms with Gasteiger partial charge in [-0.2, -0.15) is 4.80 Å². The summed E-state index contributed by atoms with van der Waals surface area (Å²) in [7, 11) is 0. The van der Waals surface area contributed by atoms with E-state index in [4.69, 9.17) is 4.42 Å². The second kappa shape index (κ2) is 5.90. The zero-order valence-corrected chi connectivity index (χ0v) is 13.2. The molecule has 0 aliphatic carbocycles. The molecule has 1 aliphatic heterocycles. The molecule has 2 aromatic heterocycles. The topological polar surface area (TPSA) is 77.1 Å². The molecule has 1 amide bonds. The summed E-state index contributed by atoms with van der Waals surface area (Å²) in [6.07, 6.45) is 3.28. The molecule has 3 rings (SSSR count). The van der Waals surface area contributed by atoms with E-state index in [0.29, 0.717) is 11.6 Å². The molecule has 118 valence electrons. The van der Waals surface area contributed by atoms with Crippen molar-refractivity contribution in [1.82, 2.24) is 25.1 Å². The summed E-state index contributed by atoms with van der Waals surface area (Å²) in [4.78, 5) is 15.8. The number of aryl methyl sites for hydroxylation is 1. The first-order chi connectivity index (χ1) is 10.5. The average molecular weight is 303 g/mol. The summed E-state index contributed by atoms with van der Waals surface area (Å²) in [5.41, 5.74) is 0. The van der Waals surface area contributed by atoms with E-state index in [1.165, 1.54) is 11.2 Å². The van der Waals surface area contributed by atoms with Gasteiger partial charge in [-0.25, -0.2) is 0 Å². The fourth-order valence-electron chi connectivity index (χ4n) is 3.08. The third-order valence-electron chi connectivity index (χ3n) is 4.17. The van der Waals surface area contributed by atoms with Gasteiger partial charge in [-0.1, -0.05) is 0 Å². The van der Waals surface area contributed by atoms with Crippen LogP contribution in [-0.4, -0.2) is 43.1 Å². The molecule has 1 saturated heterocycles. The number of rotatable bonds is 3. The van der Waals surface area contributed by atoms with Crippen LogP contribution in [0.25, 0.3) is 11.6 Å². The van der Waals surface area contributed by atoms with E-state index in [2.05, 4.69) is 29.3 Å². The molecule has 0 N–H and O–H groups in total. The molecular weight excluding hydrogens is 282 g/mol. The van der Waals surface area contributed by atoms with Crippen LogP contribution in [0.3, 0.4) is 0 Å². The van der Waals surface area contributed by atoms with Crippen LogP contribution in [0, 0.1) is 6.92 Å². The van der Waals surface area contributed by atoms with Crippen molar-refractivity contribution in [2.75, 3.05) is 0 Å². The number of hydrogen-bond donors (Lipinski definition) is 0. The highest BCUT2D eigenvalue weighted by Gasteiger charge is 2.29. The van der Waals surface area contributed by atoms with Crippen molar-refractivity contribution >= 4 is 5.91 Å². The lowest BCUT2D eigenvalue weighted by molar-refractivity contribution is -0.138. The van der Waals surface area contributed by atoms with Gasteiger partial charge in [-0.05, 0) is 57.4 Å². The van der Waals surface area contributed by atoms with Gasteiger partial charge in [0.1, 0.15) is 12.3 Å². The number of hydrogen-bond acceptors (Lipinski definition) is 5. The van der Waals surface area contributed by atoms with E-state index in [0.717, 1.165) is 18.6 Å². The number of piperidine rings is 1. The van der Waals surface area contributed by atoms with E-state index in [9.17, 15) is 4.79 Å². The second-order valence-electron chi connectivity index (χ2n) is 5.98. The van der Waals surface area contributed by atoms with Gasteiger partial charge in [-0.3, -0.25) is 4.79 Å². The van der Waals surface area contributed by atoms with Crippen molar-refractivity contribution in [1.29, 1.82) is 0 Å². The van der Waals surface area contributed by atoms with Crippen molar-refractivity contribution < 1.29 is 9.21 Å². The van der Waals surface area contributed by atoms with Crippen LogP contribution in [0.5, 0.6) is 0 Å². The lowest BCUT2D eigenvalue weighted by Gasteiger charge is -2.38. The van der Waals surface area contributed by atoms with E-state index in [1.807, 2.05) is 17.9 Å². The third-order valence-corrected chi connectivity index (χ3v) is 4.17. The number of furan rings is 1. The molecule has 0 saturated carbocycles. The van der Waals surface area contributed by atoms with E-state index in [1.54, 1.807) is 6.07 Å². The van der Waals surface area contributed by atoms with E-state index < -0.39 is 0 Å². The summed E-state index contributed by atoms with van der Waals surface area (Å²) in [5, 5.41) is 12.1. The van der Waals surface area contributed by atoms with Gasteiger partial charge >= 0.3 is 0 Å². The van der Waals surface area contributed by atoms with Crippen molar-refractivity contribution in [3.05, 3.63) is 17.9 Å². The minimum atomic E-state index is 0.0410. The number of amides is 1. The summed E-state index contributed by atoms with van der Waals surface area (Å²) in [5.74, 6) is 1.80. The molecule has 0 unspecified atom stereocenters. The van der Waals surface area contributed by atoms with Gasteiger partial charge in [0.2, 0.25) is 11.7 Å². The number of carbonyl (C=O) groups excluding carboxylic acids is 1. The summed E-state index contributed by atoms with van der Waals surface area (Å²) >= 11 is 0. The highest BCUT2D eigenvalue weighted by Crippen LogP contribution is 2.23. The lowest BCUT2D eigenvalue weighted by Crippen LogP contribution is -2.48. The molecule has 7 nitrogen and oxygen atoms in total. The number of nitrogens with zero attached hydrogens (tertiary/aromatic N) is 5. The highest BCUT2D eigenvalue weighted by molar-refractivity contribution is 5.76. The van der Waals surface area contributed by atoms with Crippen LogP contribution < -0.4 is 0 Å². The minimum absolute atomic E-state index is 0.0410. The lowest BCUT2D eigenvalue weighted by atomic mass is 9.97. The summed E-state index contributed by atoms with van der Waals surface area (Å²) in [6, 6.07) is 4.19. The Labute approximate surface area is 129 Å². The fraction of sp³-hybridized carbons (Fsp3) is 0.600. The molecule has 0 spiro atoms. The van der Waals surface area contributed by atoms with Crippen molar-refractivity contribution in [2.45, 2.75) is 58.7 Å². The first-order valence-corrected chi connectivity index (χ1v) is 7.70. The predicted molar refractivity (Wildman–Crippen MR) is 79.9 cm³/mol. The zero-order valence-electron chi connectivity index (χ0n) is 13.2. The Hall–Kier alpha value is -2.18. The van der Waals surface area contributed by atoms with Crippen molar-refractivity contribution in [3.63, 3.8) is 0 Å². The molecule has 2 atom stereocenters. The summed E-state index contributed by atoms with van der Waals surface area (Å²) < 4.78 is 5.46. The summed E-state index contributed by atoms with van der Waals surface area (Å²) in [6.45, 7) is 6.16. The monoisotopic (exact) mass is 303 g/mol. The van der Waals surface area contributed by atoms with Crippen LogP contribution in [0.2, 0.25) is 0 Å². The van der Waals surface area contributed by atoms with Crippen LogP contribution in [0.4, 0.5) is 0 Å². The Kier molecular flexibility index (Phi) is 3.96. The average Bonchev–Trinajstić information content (AvgIpc) is 3.07. The third kappa shape index (κ3) is 2.88. The standard InChI is InChI=1S/C15H21N5O2/c1-10-5-4-6-11(2)20(10)14(21)9-19-17-15(16-18-19)13-8-7-12(3)22-13/h7-8,10-11H,4-6,9H2,1-3H3/t10-,11-/m1/s1. The molecule has 0 radical (unpaired) electrons. The molecular formula is C15H21N5O2. The van der Waals surface area contributed by atoms with Crippen LogP contribution in [0.15, 0.2) is 16.5 Å². The number of aromatic nitrogens is 4.